The van der Waals surface area contributed by atoms with E-state index in [0.29, 0.717) is 6.42 Å². The fourth-order valence-electron chi connectivity index (χ4n) is 2.91. The van der Waals surface area contributed by atoms with E-state index in [2.05, 4.69) is 9.80 Å². The lowest BCUT2D eigenvalue weighted by Gasteiger charge is -2.37. The standard InChI is InChI=1S/C16H33N3O2/c1-5-19(6-2)15(20)8-7-9-17-10-12-18(13-11-17)14-16(3,4)21/h21H,5-14H2,1-4H3. The molecule has 21 heavy (non-hydrogen) atoms. The van der Waals surface area contributed by atoms with Crippen molar-refractivity contribution < 1.29 is 9.90 Å². The van der Waals surface area contributed by atoms with Gasteiger partial charge in [0.2, 0.25) is 5.91 Å². The maximum atomic E-state index is 11.9. The van der Waals surface area contributed by atoms with Gasteiger partial charge < -0.3 is 14.9 Å². The maximum absolute atomic E-state index is 11.9. The summed E-state index contributed by atoms with van der Waals surface area (Å²) in [7, 11) is 0. The highest BCUT2D eigenvalue weighted by molar-refractivity contribution is 5.76. The second kappa shape index (κ2) is 8.71. The Bertz CT molecular complexity index is 303. The maximum Gasteiger partial charge on any atom is 0.222 e. The van der Waals surface area contributed by atoms with Crippen molar-refractivity contribution in [3.63, 3.8) is 0 Å². The number of aliphatic hydroxyl groups is 1. The Kier molecular flexibility index (Phi) is 7.63. The molecule has 0 bridgehead atoms. The van der Waals surface area contributed by atoms with Gasteiger partial charge >= 0.3 is 0 Å². The molecule has 1 N–H and O–H groups in total. The van der Waals surface area contributed by atoms with Crippen LogP contribution in [0.2, 0.25) is 0 Å². The first-order valence-corrected chi connectivity index (χ1v) is 8.30. The molecule has 1 saturated heterocycles. The van der Waals surface area contributed by atoms with Gasteiger partial charge in [-0.05, 0) is 40.7 Å². The molecule has 1 fully saturated rings. The molecule has 1 rings (SSSR count). The van der Waals surface area contributed by atoms with Crippen LogP contribution in [0, 0.1) is 0 Å². The van der Waals surface area contributed by atoms with Gasteiger partial charge in [-0.25, -0.2) is 0 Å². The summed E-state index contributed by atoms with van der Waals surface area (Å²) in [6.45, 7) is 15.2. The smallest absolute Gasteiger partial charge is 0.222 e. The second-order valence-electron chi connectivity index (χ2n) is 6.60. The predicted molar refractivity (Wildman–Crippen MR) is 86.3 cm³/mol. The molecule has 0 saturated carbocycles. The first-order valence-electron chi connectivity index (χ1n) is 8.30. The summed E-state index contributed by atoms with van der Waals surface area (Å²) in [5.74, 6) is 0.278. The SMILES string of the molecule is CCN(CC)C(=O)CCCN1CCN(CC(C)(C)O)CC1. The summed E-state index contributed by atoms with van der Waals surface area (Å²) < 4.78 is 0. The van der Waals surface area contributed by atoms with Crippen LogP contribution in [0.3, 0.4) is 0 Å². The van der Waals surface area contributed by atoms with E-state index in [9.17, 15) is 9.90 Å². The topological polar surface area (TPSA) is 47.0 Å². The van der Waals surface area contributed by atoms with E-state index in [1.54, 1.807) is 0 Å². The highest BCUT2D eigenvalue weighted by Gasteiger charge is 2.22. The lowest BCUT2D eigenvalue weighted by molar-refractivity contribution is -0.131. The number of hydrogen-bond acceptors (Lipinski definition) is 4. The minimum atomic E-state index is -0.613. The first-order chi connectivity index (χ1) is 9.85. The average Bonchev–Trinajstić information content (AvgIpc) is 2.40. The minimum Gasteiger partial charge on any atom is -0.389 e. The number of carbonyl (C=O) groups excluding carboxylic acids is 1. The first kappa shape index (κ1) is 18.4. The van der Waals surface area contributed by atoms with Crippen LogP contribution in [0.25, 0.3) is 0 Å². The van der Waals surface area contributed by atoms with Gasteiger partial charge in [0.05, 0.1) is 5.60 Å². The summed E-state index contributed by atoms with van der Waals surface area (Å²) in [5.41, 5.74) is -0.613. The zero-order chi connectivity index (χ0) is 15.9. The monoisotopic (exact) mass is 299 g/mol. The molecule has 1 amide bonds. The van der Waals surface area contributed by atoms with Gasteiger partial charge in [0.15, 0.2) is 0 Å². The van der Waals surface area contributed by atoms with Gasteiger partial charge in [-0.3, -0.25) is 9.69 Å². The highest BCUT2D eigenvalue weighted by atomic mass is 16.3. The molecule has 0 aromatic heterocycles. The molecule has 0 aromatic rings. The number of rotatable bonds is 8. The highest BCUT2D eigenvalue weighted by Crippen LogP contribution is 2.09. The third-order valence-corrected chi connectivity index (χ3v) is 4.06. The molecular weight excluding hydrogens is 266 g/mol. The van der Waals surface area contributed by atoms with Crippen molar-refractivity contribution in [3.8, 4) is 0 Å². The molecule has 5 heteroatoms. The fourth-order valence-corrected chi connectivity index (χ4v) is 2.91. The molecule has 0 spiro atoms. The second-order valence-corrected chi connectivity index (χ2v) is 6.60. The van der Waals surface area contributed by atoms with Crippen molar-refractivity contribution >= 4 is 5.91 Å². The Morgan fingerprint density at radius 2 is 1.62 bits per heavy atom. The van der Waals surface area contributed by atoms with Crippen LogP contribution in [0.4, 0.5) is 0 Å². The molecule has 1 heterocycles. The Labute approximate surface area is 129 Å². The van der Waals surface area contributed by atoms with Crippen LogP contribution in [-0.2, 0) is 4.79 Å². The minimum absolute atomic E-state index is 0.278. The van der Waals surface area contributed by atoms with E-state index < -0.39 is 5.60 Å². The summed E-state index contributed by atoms with van der Waals surface area (Å²) in [6.07, 6.45) is 1.60. The number of nitrogens with zero attached hydrogens (tertiary/aromatic N) is 3. The molecule has 0 aromatic carbocycles. The van der Waals surface area contributed by atoms with Crippen LogP contribution in [0.5, 0.6) is 0 Å². The molecule has 5 nitrogen and oxygen atoms in total. The zero-order valence-corrected chi connectivity index (χ0v) is 14.3. The number of amides is 1. The van der Waals surface area contributed by atoms with Gasteiger partial charge in [-0.15, -0.1) is 0 Å². The third kappa shape index (κ3) is 7.25. The van der Waals surface area contributed by atoms with E-state index in [0.717, 1.165) is 58.8 Å². The van der Waals surface area contributed by atoms with Crippen molar-refractivity contribution in [2.45, 2.75) is 46.1 Å². The van der Waals surface area contributed by atoms with Crippen molar-refractivity contribution in [1.29, 1.82) is 0 Å². The fraction of sp³-hybridized carbons (Fsp3) is 0.938. The van der Waals surface area contributed by atoms with Crippen molar-refractivity contribution in [2.24, 2.45) is 0 Å². The molecule has 1 aliphatic heterocycles. The Morgan fingerprint density at radius 3 is 2.10 bits per heavy atom. The Hall–Kier alpha value is -0.650. The number of carbonyl (C=O) groups is 1. The van der Waals surface area contributed by atoms with Gasteiger partial charge in [-0.1, -0.05) is 0 Å². The van der Waals surface area contributed by atoms with Gasteiger partial charge in [-0.2, -0.15) is 0 Å². The molecule has 0 unspecified atom stereocenters. The molecule has 0 radical (unpaired) electrons. The van der Waals surface area contributed by atoms with Gasteiger partial charge in [0.1, 0.15) is 0 Å². The van der Waals surface area contributed by atoms with Crippen LogP contribution in [-0.4, -0.2) is 83.7 Å². The van der Waals surface area contributed by atoms with Gasteiger partial charge in [0, 0.05) is 52.2 Å². The normalized spacial score (nSPS) is 18.0. The predicted octanol–water partition coefficient (Wildman–Crippen LogP) is 1.02. The van der Waals surface area contributed by atoms with Crippen molar-refractivity contribution in [3.05, 3.63) is 0 Å². The molecule has 1 aliphatic rings. The van der Waals surface area contributed by atoms with E-state index in [-0.39, 0.29) is 5.91 Å². The molecule has 0 atom stereocenters. The molecule has 0 aliphatic carbocycles. The largest absolute Gasteiger partial charge is 0.389 e. The van der Waals surface area contributed by atoms with Crippen molar-refractivity contribution in [1.82, 2.24) is 14.7 Å². The quantitative estimate of drug-likeness (QED) is 0.727. The summed E-state index contributed by atoms with van der Waals surface area (Å²) >= 11 is 0. The summed E-state index contributed by atoms with van der Waals surface area (Å²) in [6, 6.07) is 0. The number of β-amino-alcohol motifs (C(OH)–C–C–N with tert-alkyl or cyclic N) is 1. The summed E-state index contributed by atoms with van der Waals surface area (Å²) in [4.78, 5) is 18.6. The van der Waals surface area contributed by atoms with E-state index in [1.165, 1.54) is 0 Å². The van der Waals surface area contributed by atoms with Crippen LogP contribution < -0.4 is 0 Å². The molecule has 124 valence electrons. The van der Waals surface area contributed by atoms with E-state index >= 15 is 0 Å². The Morgan fingerprint density at radius 1 is 1.10 bits per heavy atom. The third-order valence-electron chi connectivity index (χ3n) is 4.06. The lowest BCUT2D eigenvalue weighted by atomic mass is 10.1. The number of hydrogen-bond donors (Lipinski definition) is 1. The number of piperazine rings is 1. The van der Waals surface area contributed by atoms with Gasteiger partial charge in [0.25, 0.3) is 0 Å². The zero-order valence-electron chi connectivity index (χ0n) is 14.3. The summed E-state index contributed by atoms with van der Waals surface area (Å²) in [5, 5.41) is 9.84. The van der Waals surface area contributed by atoms with Crippen LogP contribution >= 0.6 is 0 Å². The lowest BCUT2D eigenvalue weighted by Crippen LogP contribution is -2.50. The Balaban J connectivity index is 2.17. The van der Waals surface area contributed by atoms with E-state index in [4.69, 9.17) is 0 Å². The van der Waals surface area contributed by atoms with Crippen molar-refractivity contribution in [2.75, 3.05) is 52.4 Å². The average molecular weight is 299 g/mol. The van der Waals surface area contributed by atoms with Crippen LogP contribution in [0.1, 0.15) is 40.5 Å². The van der Waals surface area contributed by atoms with E-state index in [1.807, 2.05) is 32.6 Å². The van der Waals surface area contributed by atoms with Crippen LogP contribution in [0.15, 0.2) is 0 Å². The molecular formula is C16H33N3O2.